The fraction of sp³-hybridized carbons (Fsp3) is 0.300. The summed E-state index contributed by atoms with van der Waals surface area (Å²) in [5.41, 5.74) is 6.26. The molecule has 0 radical (unpaired) electrons. The molecule has 80 valence electrons. The van der Waals surface area contributed by atoms with Crippen LogP contribution in [0.15, 0.2) is 18.3 Å². The number of nitrogens with zero attached hydrogens (tertiary/aromatic N) is 1. The molecule has 0 spiro atoms. The Bertz CT molecular complexity index is 370. The predicted octanol–water partition coefficient (Wildman–Crippen LogP) is 0.960. The molecule has 1 aromatic heterocycles. The van der Waals surface area contributed by atoms with E-state index in [1.54, 1.807) is 12.1 Å². The van der Waals surface area contributed by atoms with Gasteiger partial charge >= 0.3 is 0 Å². The highest BCUT2D eigenvalue weighted by Crippen LogP contribution is 2.07. The first-order valence-electron chi connectivity index (χ1n) is 4.62. The van der Waals surface area contributed by atoms with Crippen LogP contribution < -0.4 is 11.1 Å². The Hall–Kier alpha value is -1.91. The van der Waals surface area contributed by atoms with Crippen molar-refractivity contribution in [1.82, 2.24) is 4.98 Å². The Balaban J connectivity index is 2.73. The molecule has 15 heavy (non-hydrogen) atoms. The number of pyridine rings is 1. The van der Waals surface area contributed by atoms with Crippen molar-refractivity contribution in [2.45, 2.75) is 13.8 Å². The average Bonchev–Trinajstić information content (AvgIpc) is 2.18. The van der Waals surface area contributed by atoms with Crippen LogP contribution in [-0.2, 0) is 4.79 Å². The lowest BCUT2D eigenvalue weighted by molar-refractivity contribution is -0.118. The standard InChI is InChI=1S/C10H14N4O/c1-6(2)10(15)14-7-3-4-8(9(11)12)13-5-7/h3-6H,1-2H3,(H3,11,12)(H,14,15). The van der Waals surface area contributed by atoms with E-state index in [1.165, 1.54) is 6.20 Å². The lowest BCUT2D eigenvalue weighted by Crippen LogP contribution is -2.18. The van der Waals surface area contributed by atoms with Crippen LogP contribution in [0.4, 0.5) is 5.69 Å². The maximum atomic E-state index is 11.3. The van der Waals surface area contributed by atoms with E-state index in [4.69, 9.17) is 11.1 Å². The molecule has 0 aliphatic carbocycles. The third-order valence-electron chi connectivity index (χ3n) is 1.83. The van der Waals surface area contributed by atoms with Gasteiger partial charge in [-0.05, 0) is 12.1 Å². The fourth-order valence-corrected chi connectivity index (χ4v) is 0.914. The summed E-state index contributed by atoms with van der Waals surface area (Å²) in [5.74, 6) is -0.221. The van der Waals surface area contributed by atoms with Gasteiger partial charge in [0.05, 0.1) is 11.9 Å². The van der Waals surface area contributed by atoms with Gasteiger partial charge < -0.3 is 11.1 Å². The second-order valence-corrected chi connectivity index (χ2v) is 3.49. The molecule has 0 atom stereocenters. The normalized spacial score (nSPS) is 10.1. The molecule has 0 aromatic carbocycles. The van der Waals surface area contributed by atoms with Gasteiger partial charge in [0.1, 0.15) is 11.5 Å². The zero-order chi connectivity index (χ0) is 11.4. The van der Waals surface area contributed by atoms with Crippen LogP contribution in [0, 0.1) is 11.3 Å². The van der Waals surface area contributed by atoms with Gasteiger partial charge in [-0.2, -0.15) is 0 Å². The van der Waals surface area contributed by atoms with Crippen LogP contribution in [0.1, 0.15) is 19.5 Å². The molecule has 1 heterocycles. The van der Waals surface area contributed by atoms with Crippen LogP contribution in [0.3, 0.4) is 0 Å². The summed E-state index contributed by atoms with van der Waals surface area (Å²) in [6, 6.07) is 3.27. The molecule has 0 unspecified atom stereocenters. The van der Waals surface area contributed by atoms with E-state index in [-0.39, 0.29) is 17.7 Å². The van der Waals surface area contributed by atoms with Crippen LogP contribution in [0.2, 0.25) is 0 Å². The largest absolute Gasteiger partial charge is 0.382 e. The van der Waals surface area contributed by atoms with Crippen molar-refractivity contribution in [3.8, 4) is 0 Å². The fourth-order valence-electron chi connectivity index (χ4n) is 0.914. The zero-order valence-corrected chi connectivity index (χ0v) is 8.74. The summed E-state index contributed by atoms with van der Waals surface area (Å²) in [6.45, 7) is 3.62. The first kappa shape index (κ1) is 11.2. The van der Waals surface area contributed by atoms with Crippen molar-refractivity contribution >= 4 is 17.4 Å². The Morgan fingerprint density at radius 1 is 1.53 bits per heavy atom. The molecule has 0 fully saturated rings. The summed E-state index contributed by atoms with van der Waals surface area (Å²) in [4.78, 5) is 15.3. The van der Waals surface area contributed by atoms with E-state index < -0.39 is 0 Å². The van der Waals surface area contributed by atoms with Crippen molar-refractivity contribution in [3.05, 3.63) is 24.0 Å². The van der Waals surface area contributed by atoms with Gasteiger partial charge in [0, 0.05) is 5.92 Å². The molecule has 0 aliphatic heterocycles. The number of rotatable bonds is 3. The second kappa shape index (κ2) is 4.54. The van der Waals surface area contributed by atoms with Gasteiger partial charge in [0.2, 0.25) is 5.91 Å². The molecule has 1 aromatic rings. The van der Waals surface area contributed by atoms with E-state index >= 15 is 0 Å². The van der Waals surface area contributed by atoms with Gasteiger partial charge in [-0.15, -0.1) is 0 Å². The third kappa shape index (κ3) is 3.05. The molecule has 1 amide bonds. The number of aromatic nitrogens is 1. The van der Waals surface area contributed by atoms with Gasteiger partial charge in [-0.25, -0.2) is 0 Å². The number of hydrogen-bond donors (Lipinski definition) is 3. The summed E-state index contributed by atoms with van der Waals surface area (Å²) in [7, 11) is 0. The molecule has 0 bridgehead atoms. The van der Waals surface area contributed by atoms with Gasteiger partial charge in [0.25, 0.3) is 0 Å². The SMILES string of the molecule is CC(C)C(=O)Nc1ccc(C(=N)N)nc1. The maximum absolute atomic E-state index is 11.3. The van der Waals surface area contributed by atoms with Gasteiger partial charge in [-0.3, -0.25) is 15.2 Å². The number of carbonyl (C=O) groups excluding carboxylic acids is 1. The number of nitrogens with one attached hydrogen (secondary N) is 2. The molecular formula is C10H14N4O. The van der Waals surface area contributed by atoms with Crippen molar-refractivity contribution < 1.29 is 4.79 Å². The van der Waals surface area contributed by atoms with Crippen molar-refractivity contribution in [3.63, 3.8) is 0 Å². The number of nitrogen functional groups attached to an aromatic ring is 1. The highest BCUT2D eigenvalue weighted by atomic mass is 16.1. The molecule has 4 N–H and O–H groups in total. The van der Waals surface area contributed by atoms with Crippen molar-refractivity contribution in [2.24, 2.45) is 11.7 Å². The van der Waals surface area contributed by atoms with E-state index in [0.717, 1.165) is 0 Å². The van der Waals surface area contributed by atoms with Crippen LogP contribution in [0.5, 0.6) is 0 Å². The summed E-state index contributed by atoms with van der Waals surface area (Å²) < 4.78 is 0. The maximum Gasteiger partial charge on any atom is 0.226 e. The Morgan fingerprint density at radius 3 is 2.60 bits per heavy atom. The van der Waals surface area contributed by atoms with Crippen LogP contribution >= 0.6 is 0 Å². The number of amidine groups is 1. The Morgan fingerprint density at radius 2 is 2.20 bits per heavy atom. The number of hydrogen-bond acceptors (Lipinski definition) is 3. The zero-order valence-electron chi connectivity index (χ0n) is 8.74. The molecule has 5 nitrogen and oxygen atoms in total. The van der Waals surface area contributed by atoms with Crippen LogP contribution in [-0.4, -0.2) is 16.7 Å². The van der Waals surface area contributed by atoms with Crippen LogP contribution in [0.25, 0.3) is 0 Å². The first-order chi connectivity index (χ1) is 7.00. The summed E-state index contributed by atoms with van der Waals surface area (Å²) in [5, 5.41) is 9.84. The molecule has 0 saturated carbocycles. The van der Waals surface area contributed by atoms with Gasteiger partial charge in [0.15, 0.2) is 0 Å². The average molecular weight is 206 g/mol. The summed E-state index contributed by atoms with van der Waals surface area (Å²) >= 11 is 0. The molecule has 5 heteroatoms. The van der Waals surface area contributed by atoms with Gasteiger partial charge in [-0.1, -0.05) is 13.8 Å². The second-order valence-electron chi connectivity index (χ2n) is 3.49. The molecule has 0 saturated heterocycles. The predicted molar refractivity (Wildman–Crippen MR) is 58.7 cm³/mol. The van der Waals surface area contributed by atoms with E-state index in [9.17, 15) is 4.79 Å². The van der Waals surface area contributed by atoms with E-state index in [2.05, 4.69) is 10.3 Å². The molecular weight excluding hydrogens is 192 g/mol. The number of nitrogens with two attached hydrogens (primary N) is 1. The number of carbonyl (C=O) groups is 1. The Labute approximate surface area is 88.2 Å². The quantitative estimate of drug-likeness (QED) is 0.508. The monoisotopic (exact) mass is 206 g/mol. The Kier molecular flexibility index (Phi) is 3.38. The lowest BCUT2D eigenvalue weighted by Gasteiger charge is -2.07. The van der Waals surface area contributed by atoms with E-state index in [1.807, 2.05) is 13.8 Å². The minimum absolute atomic E-state index is 0.0626. The smallest absolute Gasteiger partial charge is 0.226 e. The summed E-state index contributed by atoms with van der Waals surface area (Å²) in [6.07, 6.45) is 1.48. The van der Waals surface area contributed by atoms with E-state index in [0.29, 0.717) is 11.4 Å². The topological polar surface area (TPSA) is 91.9 Å². The highest BCUT2D eigenvalue weighted by molar-refractivity contribution is 5.94. The highest BCUT2D eigenvalue weighted by Gasteiger charge is 2.07. The lowest BCUT2D eigenvalue weighted by atomic mass is 10.2. The molecule has 1 rings (SSSR count). The number of anilines is 1. The molecule has 0 aliphatic rings. The third-order valence-corrected chi connectivity index (χ3v) is 1.83. The minimum atomic E-state index is -0.0864. The van der Waals surface area contributed by atoms with Crippen molar-refractivity contribution in [1.29, 1.82) is 5.41 Å². The van der Waals surface area contributed by atoms with Crippen molar-refractivity contribution in [2.75, 3.05) is 5.32 Å². The first-order valence-corrected chi connectivity index (χ1v) is 4.62. The number of amides is 1. The minimum Gasteiger partial charge on any atom is -0.382 e.